The summed E-state index contributed by atoms with van der Waals surface area (Å²) in [5, 5.41) is 17.1. The highest BCUT2D eigenvalue weighted by Gasteiger charge is 1.92. The summed E-state index contributed by atoms with van der Waals surface area (Å²) >= 11 is 0. The van der Waals surface area contributed by atoms with Crippen molar-refractivity contribution in [1.82, 2.24) is 4.90 Å². The molecule has 9 heavy (non-hydrogen) atoms. The van der Waals surface area contributed by atoms with Gasteiger partial charge in [-0.15, -0.1) is 0 Å². The third-order valence-corrected chi connectivity index (χ3v) is 0.793. The first-order valence-corrected chi connectivity index (χ1v) is 2.80. The van der Waals surface area contributed by atoms with Gasteiger partial charge in [0.15, 0.2) is 0 Å². The third-order valence-electron chi connectivity index (χ3n) is 0.793. The number of nitrogens with zero attached hydrogens (tertiary/aromatic N) is 1. The van der Waals surface area contributed by atoms with Gasteiger partial charge in [0.1, 0.15) is 0 Å². The Morgan fingerprint density at radius 2 is 2.11 bits per heavy atom. The van der Waals surface area contributed by atoms with Crippen molar-refractivity contribution in [3.8, 4) is 0 Å². The van der Waals surface area contributed by atoms with Crippen molar-refractivity contribution in [2.24, 2.45) is 0 Å². The molecule has 0 radical (unpaired) electrons. The molecule has 54 valence electrons. The molecule has 0 saturated carbocycles. The van der Waals surface area contributed by atoms with Crippen molar-refractivity contribution < 1.29 is 10.2 Å². The van der Waals surface area contributed by atoms with E-state index in [0.29, 0.717) is 0 Å². The van der Waals surface area contributed by atoms with Crippen molar-refractivity contribution in [2.75, 3.05) is 20.7 Å². The van der Waals surface area contributed by atoms with Crippen molar-refractivity contribution in [3.05, 3.63) is 12.3 Å². The van der Waals surface area contributed by atoms with Gasteiger partial charge >= 0.3 is 0 Å². The summed E-state index contributed by atoms with van der Waals surface area (Å²) in [7, 11) is 3.70. The van der Waals surface area contributed by atoms with Gasteiger partial charge in [0.05, 0.1) is 12.7 Å². The molecule has 0 saturated heterocycles. The lowest BCUT2D eigenvalue weighted by Gasteiger charge is -2.04. The summed E-state index contributed by atoms with van der Waals surface area (Å²) in [6.45, 7) is -0.218. The van der Waals surface area contributed by atoms with Gasteiger partial charge in [-0.05, 0) is 12.3 Å². The fourth-order valence-electron chi connectivity index (χ4n) is 0.332. The minimum atomic E-state index is -0.729. The second-order valence-corrected chi connectivity index (χ2v) is 2.06. The van der Waals surface area contributed by atoms with Crippen LogP contribution in [0.3, 0.4) is 0 Å². The van der Waals surface area contributed by atoms with Crippen LogP contribution in [0.25, 0.3) is 0 Å². The zero-order valence-electron chi connectivity index (χ0n) is 5.78. The lowest BCUT2D eigenvalue weighted by molar-refractivity contribution is 0.130. The number of aliphatic hydroxyl groups excluding tert-OH is 2. The summed E-state index contributed by atoms with van der Waals surface area (Å²) in [4.78, 5) is 1.79. The standard InChI is InChI=1S/C6H13NO2/c1-7(2)4-3-6(9)5-8/h3-4,6,8-9H,5H2,1-2H3/b4-3+/t6-/m1/s1. The first-order valence-electron chi connectivity index (χ1n) is 2.80. The zero-order valence-corrected chi connectivity index (χ0v) is 5.78. The molecule has 1 atom stereocenters. The summed E-state index contributed by atoms with van der Waals surface area (Å²) in [5.74, 6) is 0. The van der Waals surface area contributed by atoms with E-state index in [-0.39, 0.29) is 6.61 Å². The fraction of sp³-hybridized carbons (Fsp3) is 0.667. The van der Waals surface area contributed by atoms with E-state index in [1.165, 1.54) is 6.08 Å². The molecule has 0 amide bonds. The highest BCUT2D eigenvalue weighted by atomic mass is 16.3. The molecule has 0 aliphatic rings. The lowest BCUT2D eigenvalue weighted by Crippen LogP contribution is -2.10. The van der Waals surface area contributed by atoms with Crippen LogP contribution in [0.2, 0.25) is 0 Å². The Bertz CT molecular complexity index is 91.1. The molecule has 0 aliphatic carbocycles. The van der Waals surface area contributed by atoms with Gasteiger partial charge in [-0.25, -0.2) is 0 Å². The monoisotopic (exact) mass is 131 g/mol. The van der Waals surface area contributed by atoms with E-state index in [4.69, 9.17) is 10.2 Å². The summed E-state index contributed by atoms with van der Waals surface area (Å²) in [5.41, 5.74) is 0. The van der Waals surface area contributed by atoms with E-state index in [9.17, 15) is 0 Å². The number of hydrogen-bond acceptors (Lipinski definition) is 3. The predicted octanol–water partition coefficient (Wildman–Crippen LogP) is -0.585. The molecular weight excluding hydrogens is 118 g/mol. The van der Waals surface area contributed by atoms with Gasteiger partial charge in [-0.2, -0.15) is 0 Å². The van der Waals surface area contributed by atoms with Crippen LogP contribution in [0, 0.1) is 0 Å². The maximum atomic E-state index is 8.74. The van der Waals surface area contributed by atoms with Crippen LogP contribution < -0.4 is 0 Å². The second kappa shape index (κ2) is 4.35. The molecule has 0 bridgehead atoms. The summed E-state index contributed by atoms with van der Waals surface area (Å²) in [6.07, 6.45) is 2.49. The van der Waals surface area contributed by atoms with Gasteiger partial charge in [0.2, 0.25) is 0 Å². The van der Waals surface area contributed by atoms with Crippen LogP contribution in [-0.4, -0.2) is 41.9 Å². The van der Waals surface area contributed by atoms with Crippen LogP contribution in [0.4, 0.5) is 0 Å². The number of aliphatic hydroxyl groups is 2. The average molecular weight is 131 g/mol. The van der Waals surface area contributed by atoms with Crippen molar-refractivity contribution in [3.63, 3.8) is 0 Å². The highest BCUT2D eigenvalue weighted by molar-refractivity contribution is 4.85. The number of hydrogen-bond donors (Lipinski definition) is 2. The topological polar surface area (TPSA) is 43.7 Å². The van der Waals surface area contributed by atoms with Crippen LogP contribution in [0.15, 0.2) is 12.3 Å². The molecule has 3 heteroatoms. The molecule has 0 spiro atoms. The molecule has 0 aromatic rings. The quantitative estimate of drug-likeness (QED) is 0.538. The molecule has 0 aromatic heterocycles. The van der Waals surface area contributed by atoms with Crippen molar-refractivity contribution >= 4 is 0 Å². The Labute approximate surface area is 55.2 Å². The van der Waals surface area contributed by atoms with Gasteiger partial charge in [0, 0.05) is 14.1 Å². The van der Waals surface area contributed by atoms with Crippen LogP contribution >= 0.6 is 0 Å². The van der Waals surface area contributed by atoms with Crippen LogP contribution in [0.5, 0.6) is 0 Å². The molecule has 0 aromatic carbocycles. The molecule has 0 heterocycles. The first kappa shape index (κ1) is 8.46. The Hall–Kier alpha value is -0.540. The van der Waals surface area contributed by atoms with E-state index in [1.54, 1.807) is 11.1 Å². The fourth-order valence-corrected chi connectivity index (χ4v) is 0.332. The molecule has 0 fully saturated rings. The van der Waals surface area contributed by atoms with E-state index >= 15 is 0 Å². The minimum Gasteiger partial charge on any atom is -0.393 e. The SMILES string of the molecule is CN(C)/C=C/[C@@H](O)CO. The van der Waals surface area contributed by atoms with E-state index in [2.05, 4.69) is 0 Å². The van der Waals surface area contributed by atoms with Gasteiger partial charge in [-0.1, -0.05) is 0 Å². The molecule has 3 nitrogen and oxygen atoms in total. The molecule has 0 rings (SSSR count). The second-order valence-electron chi connectivity index (χ2n) is 2.06. The highest BCUT2D eigenvalue weighted by Crippen LogP contribution is 1.84. The maximum absolute atomic E-state index is 8.74. The third kappa shape index (κ3) is 5.33. The normalized spacial score (nSPS) is 14.2. The van der Waals surface area contributed by atoms with Gasteiger partial charge in [0.25, 0.3) is 0 Å². The van der Waals surface area contributed by atoms with E-state index in [0.717, 1.165) is 0 Å². The van der Waals surface area contributed by atoms with Crippen LogP contribution in [0.1, 0.15) is 0 Å². The lowest BCUT2D eigenvalue weighted by atomic mass is 10.4. The first-order chi connectivity index (χ1) is 4.16. The summed E-state index contributed by atoms with van der Waals surface area (Å²) < 4.78 is 0. The Kier molecular flexibility index (Phi) is 4.09. The number of rotatable bonds is 3. The average Bonchev–Trinajstić information content (AvgIpc) is 1.83. The van der Waals surface area contributed by atoms with Crippen molar-refractivity contribution in [1.29, 1.82) is 0 Å². The van der Waals surface area contributed by atoms with E-state index < -0.39 is 6.10 Å². The molecule has 2 N–H and O–H groups in total. The maximum Gasteiger partial charge on any atom is 0.0968 e. The smallest absolute Gasteiger partial charge is 0.0968 e. The molecule has 0 unspecified atom stereocenters. The largest absolute Gasteiger partial charge is 0.393 e. The molecule has 0 aliphatic heterocycles. The Balaban J connectivity index is 3.43. The van der Waals surface area contributed by atoms with Crippen molar-refractivity contribution in [2.45, 2.75) is 6.10 Å². The molecular formula is C6H13NO2. The Morgan fingerprint density at radius 3 is 2.44 bits per heavy atom. The van der Waals surface area contributed by atoms with Gasteiger partial charge < -0.3 is 15.1 Å². The van der Waals surface area contributed by atoms with Gasteiger partial charge in [-0.3, -0.25) is 0 Å². The van der Waals surface area contributed by atoms with E-state index in [1.807, 2.05) is 14.1 Å². The minimum absolute atomic E-state index is 0.218. The zero-order chi connectivity index (χ0) is 7.28. The van der Waals surface area contributed by atoms with Crippen LogP contribution in [-0.2, 0) is 0 Å². The predicted molar refractivity (Wildman–Crippen MR) is 35.9 cm³/mol. The Morgan fingerprint density at radius 1 is 1.56 bits per heavy atom. The summed E-state index contributed by atoms with van der Waals surface area (Å²) in [6, 6.07) is 0.